The second-order valence-electron chi connectivity index (χ2n) is 4.33. The molecular weight excluding hydrogens is 288 g/mol. The van der Waals surface area contributed by atoms with Crippen LogP contribution in [-0.2, 0) is 0 Å². The summed E-state index contributed by atoms with van der Waals surface area (Å²) in [7, 11) is 3.28. The Hall–Kier alpha value is -1.73. The lowest BCUT2D eigenvalue weighted by molar-refractivity contribution is 0.354. The predicted molar refractivity (Wildman–Crippen MR) is 83.1 cm³/mol. The fourth-order valence-corrected chi connectivity index (χ4v) is 2.89. The van der Waals surface area contributed by atoms with Crippen LogP contribution in [0.2, 0.25) is 0 Å². The van der Waals surface area contributed by atoms with Gasteiger partial charge in [0.1, 0.15) is 6.33 Å². The maximum Gasteiger partial charge on any atom is 0.183 e. The van der Waals surface area contributed by atoms with Crippen molar-refractivity contribution in [3.8, 4) is 11.5 Å². The SMILES string of the molecule is CCNC(CSc1ncn[nH]1)c1ccc(OC)c(OC)c1. The Kier molecular flexibility index (Phi) is 5.89. The van der Waals surface area contributed by atoms with E-state index in [9.17, 15) is 0 Å². The number of aromatic nitrogens is 3. The summed E-state index contributed by atoms with van der Waals surface area (Å²) in [5.41, 5.74) is 1.15. The molecule has 2 rings (SSSR count). The first-order chi connectivity index (χ1) is 10.3. The number of thioether (sulfide) groups is 1. The Bertz CT molecular complexity index is 548. The summed E-state index contributed by atoms with van der Waals surface area (Å²) in [6, 6.07) is 6.19. The van der Waals surface area contributed by atoms with Gasteiger partial charge in [0.15, 0.2) is 16.7 Å². The van der Waals surface area contributed by atoms with Gasteiger partial charge in [-0.1, -0.05) is 24.8 Å². The van der Waals surface area contributed by atoms with Gasteiger partial charge >= 0.3 is 0 Å². The van der Waals surface area contributed by atoms with E-state index in [0.29, 0.717) is 0 Å². The second-order valence-corrected chi connectivity index (χ2v) is 5.34. The van der Waals surface area contributed by atoms with Crippen molar-refractivity contribution in [2.75, 3.05) is 26.5 Å². The number of methoxy groups -OCH3 is 2. The molecule has 0 aliphatic carbocycles. The fourth-order valence-electron chi connectivity index (χ4n) is 2.02. The smallest absolute Gasteiger partial charge is 0.183 e. The number of aromatic amines is 1. The van der Waals surface area contributed by atoms with Gasteiger partial charge in [0.2, 0.25) is 0 Å². The van der Waals surface area contributed by atoms with Crippen molar-refractivity contribution in [2.24, 2.45) is 0 Å². The van der Waals surface area contributed by atoms with Gasteiger partial charge in [-0.2, -0.15) is 5.10 Å². The number of hydrogen-bond acceptors (Lipinski definition) is 6. The van der Waals surface area contributed by atoms with Gasteiger partial charge in [-0.3, -0.25) is 5.10 Å². The normalized spacial score (nSPS) is 12.1. The first kappa shape index (κ1) is 15.7. The van der Waals surface area contributed by atoms with E-state index in [4.69, 9.17) is 9.47 Å². The highest BCUT2D eigenvalue weighted by Gasteiger charge is 2.14. The zero-order valence-electron chi connectivity index (χ0n) is 12.4. The average Bonchev–Trinajstić information content (AvgIpc) is 3.04. The van der Waals surface area contributed by atoms with E-state index in [2.05, 4.69) is 33.5 Å². The van der Waals surface area contributed by atoms with Crippen molar-refractivity contribution in [1.82, 2.24) is 20.5 Å². The Morgan fingerprint density at radius 1 is 1.29 bits per heavy atom. The minimum atomic E-state index is 0.199. The van der Waals surface area contributed by atoms with Crippen molar-refractivity contribution < 1.29 is 9.47 Å². The van der Waals surface area contributed by atoms with Gasteiger partial charge in [0.05, 0.1) is 14.2 Å². The average molecular weight is 308 g/mol. The van der Waals surface area contributed by atoms with Crippen LogP contribution in [0.5, 0.6) is 11.5 Å². The molecule has 0 fully saturated rings. The van der Waals surface area contributed by atoms with Gasteiger partial charge in [-0.25, -0.2) is 4.98 Å². The van der Waals surface area contributed by atoms with Crippen molar-refractivity contribution in [1.29, 1.82) is 0 Å². The number of hydrogen-bond donors (Lipinski definition) is 2. The van der Waals surface area contributed by atoms with Crippen molar-refractivity contribution in [2.45, 2.75) is 18.1 Å². The maximum atomic E-state index is 5.37. The van der Waals surface area contributed by atoms with E-state index >= 15 is 0 Å². The Morgan fingerprint density at radius 3 is 2.71 bits per heavy atom. The summed E-state index contributed by atoms with van der Waals surface area (Å²) < 4.78 is 10.6. The monoisotopic (exact) mass is 308 g/mol. The lowest BCUT2D eigenvalue weighted by Gasteiger charge is -2.19. The molecule has 0 bridgehead atoms. The van der Waals surface area contributed by atoms with Gasteiger partial charge in [0.25, 0.3) is 0 Å². The number of rotatable bonds is 8. The molecule has 114 valence electrons. The van der Waals surface area contributed by atoms with Crippen LogP contribution in [0.15, 0.2) is 29.7 Å². The summed E-state index contributed by atoms with van der Waals surface area (Å²) in [6.07, 6.45) is 1.51. The van der Waals surface area contributed by atoms with Crippen molar-refractivity contribution in [3.05, 3.63) is 30.1 Å². The summed E-state index contributed by atoms with van der Waals surface area (Å²) in [6.45, 7) is 2.98. The minimum absolute atomic E-state index is 0.199. The van der Waals surface area contributed by atoms with Gasteiger partial charge in [-0.05, 0) is 24.2 Å². The third-order valence-corrected chi connectivity index (χ3v) is 4.01. The fraction of sp³-hybridized carbons (Fsp3) is 0.429. The summed E-state index contributed by atoms with van der Waals surface area (Å²) >= 11 is 1.63. The van der Waals surface area contributed by atoms with Crippen LogP contribution in [-0.4, -0.2) is 41.7 Å². The molecule has 6 nitrogen and oxygen atoms in total. The molecule has 2 N–H and O–H groups in total. The maximum absolute atomic E-state index is 5.37. The molecule has 21 heavy (non-hydrogen) atoms. The molecular formula is C14H20N4O2S. The molecule has 1 aromatic heterocycles. The highest BCUT2D eigenvalue weighted by molar-refractivity contribution is 7.99. The van der Waals surface area contributed by atoms with E-state index in [1.807, 2.05) is 12.1 Å². The number of nitrogens with one attached hydrogen (secondary N) is 2. The third-order valence-electron chi connectivity index (χ3n) is 3.04. The molecule has 0 spiro atoms. The predicted octanol–water partition coefficient (Wildman–Crippen LogP) is 2.26. The number of benzene rings is 1. The zero-order valence-corrected chi connectivity index (χ0v) is 13.2. The van der Waals surface area contributed by atoms with Crippen LogP contribution in [0.25, 0.3) is 0 Å². The number of nitrogens with zero attached hydrogens (tertiary/aromatic N) is 2. The molecule has 1 heterocycles. The number of ether oxygens (including phenoxy) is 2. The molecule has 0 radical (unpaired) electrons. The largest absolute Gasteiger partial charge is 0.493 e. The molecule has 2 aromatic rings. The van der Waals surface area contributed by atoms with Gasteiger partial charge in [0, 0.05) is 11.8 Å². The number of H-pyrrole nitrogens is 1. The highest BCUT2D eigenvalue weighted by atomic mass is 32.2. The second kappa shape index (κ2) is 7.90. The van der Waals surface area contributed by atoms with E-state index in [1.54, 1.807) is 26.0 Å². The zero-order chi connectivity index (χ0) is 15.1. The molecule has 0 saturated heterocycles. The van der Waals surface area contributed by atoms with Crippen LogP contribution in [0.3, 0.4) is 0 Å². The third kappa shape index (κ3) is 4.12. The molecule has 0 aliphatic heterocycles. The molecule has 7 heteroatoms. The van der Waals surface area contributed by atoms with Crippen LogP contribution in [0.4, 0.5) is 0 Å². The molecule has 0 aliphatic rings. The summed E-state index contributed by atoms with van der Waals surface area (Å²) in [5.74, 6) is 2.32. The van der Waals surface area contributed by atoms with Crippen LogP contribution in [0, 0.1) is 0 Å². The topological polar surface area (TPSA) is 72.1 Å². The van der Waals surface area contributed by atoms with E-state index in [1.165, 1.54) is 6.33 Å². The Balaban J connectivity index is 2.13. The van der Waals surface area contributed by atoms with E-state index in [-0.39, 0.29) is 6.04 Å². The first-order valence-electron chi connectivity index (χ1n) is 6.72. The minimum Gasteiger partial charge on any atom is -0.493 e. The van der Waals surface area contributed by atoms with Crippen LogP contribution in [0.1, 0.15) is 18.5 Å². The highest BCUT2D eigenvalue weighted by Crippen LogP contribution is 2.31. The molecule has 1 unspecified atom stereocenters. The lowest BCUT2D eigenvalue weighted by Crippen LogP contribution is -2.23. The van der Waals surface area contributed by atoms with E-state index < -0.39 is 0 Å². The van der Waals surface area contributed by atoms with Crippen LogP contribution >= 0.6 is 11.8 Å². The standard InChI is InChI=1S/C14H20N4O2S/c1-4-15-11(8-21-14-16-9-17-18-14)10-5-6-12(19-2)13(7-10)20-3/h5-7,9,11,15H,4,8H2,1-3H3,(H,16,17,18). The quantitative estimate of drug-likeness (QED) is 0.729. The van der Waals surface area contributed by atoms with Crippen molar-refractivity contribution in [3.63, 3.8) is 0 Å². The molecule has 0 saturated carbocycles. The molecule has 0 amide bonds. The van der Waals surface area contributed by atoms with E-state index in [0.717, 1.165) is 34.5 Å². The van der Waals surface area contributed by atoms with Gasteiger partial charge < -0.3 is 14.8 Å². The summed E-state index contributed by atoms with van der Waals surface area (Å²) in [4.78, 5) is 4.13. The summed E-state index contributed by atoms with van der Waals surface area (Å²) in [5, 5.41) is 11.0. The molecule has 1 atom stereocenters. The lowest BCUT2D eigenvalue weighted by atomic mass is 10.1. The first-order valence-corrected chi connectivity index (χ1v) is 7.70. The molecule has 1 aromatic carbocycles. The van der Waals surface area contributed by atoms with Gasteiger partial charge in [-0.15, -0.1) is 0 Å². The Morgan fingerprint density at radius 2 is 2.10 bits per heavy atom. The Labute approximate surface area is 128 Å². The van der Waals surface area contributed by atoms with Crippen molar-refractivity contribution >= 4 is 11.8 Å². The van der Waals surface area contributed by atoms with Crippen LogP contribution < -0.4 is 14.8 Å².